The van der Waals surface area contributed by atoms with Crippen LogP contribution in [0.2, 0.25) is 5.02 Å². The number of likely N-dealkylation sites (N-methyl/N-ethyl adjacent to an activating group) is 1. The van der Waals surface area contributed by atoms with Gasteiger partial charge < -0.3 is 10.2 Å². The molecule has 0 spiro atoms. The van der Waals surface area contributed by atoms with E-state index in [-0.39, 0.29) is 4.90 Å². The molecule has 114 valence electrons. The van der Waals surface area contributed by atoms with E-state index in [1.165, 1.54) is 12.3 Å². The van der Waals surface area contributed by atoms with Gasteiger partial charge in [-0.15, -0.1) is 0 Å². The summed E-state index contributed by atoms with van der Waals surface area (Å²) in [5, 5.41) is 3.25. The predicted octanol–water partition coefficient (Wildman–Crippen LogP) is 1.40. The number of hydrogen-bond acceptors (Lipinski definition) is 5. The lowest BCUT2D eigenvalue weighted by atomic mass is 10.4. The van der Waals surface area contributed by atoms with Crippen molar-refractivity contribution in [2.24, 2.45) is 0 Å². The Morgan fingerprint density at radius 2 is 2.10 bits per heavy atom. The summed E-state index contributed by atoms with van der Waals surface area (Å²) in [7, 11) is -1.64. The van der Waals surface area contributed by atoms with Crippen molar-refractivity contribution in [3.05, 3.63) is 17.3 Å². The first kappa shape index (κ1) is 17.2. The molecule has 20 heavy (non-hydrogen) atoms. The quantitative estimate of drug-likeness (QED) is 0.757. The van der Waals surface area contributed by atoms with Crippen molar-refractivity contribution in [3.8, 4) is 0 Å². The van der Waals surface area contributed by atoms with Gasteiger partial charge in [0.15, 0.2) is 0 Å². The first-order chi connectivity index (χ1) is 9.40. The Labute approximate surface area is 125 Å². The van der Waals surface area contributed by atoms with Crippen LogP contribution in [0.1, 0.15) is 13.8 Å². The molecule has 0 aromatic carbocycles. The Kier molecular flexibility index (Phi) is 6.67. The van der Waals surface area contributed by atoms with Crippen LogP contribution in [0.15, 0.2) is 17.2 Å². The highest BCUT2D eigenvalue weighted by Crippen LogP contribution is 2.22. The van der Waals surface area contributed by atoms with Gasteiger partial charge in [0.1, 0.15) is 10.7 Å². The van der Waals surface area contributed by atoms with Crippen LogP contribution in [-0.2, 0) is 10.0 Å². The summed E-state index contributed by atoms with van der Waals surface area (Å²) in [5.74, 6) is 0.485. The lowest BCUT2D eigenvalue weighted by Gasteiger charge is -2.14. The highest BCUT2D eigenvalue weighted by molar-refractivity contribution is 7.89. The Bertz CT molecular complexity index is 536. The second kappa shape index (κ2) is 7.78. The minimum atomic E-state index is -3.57. The van der Waals surface area contributed by atoms with Crippen LogP contribution >= 0.6 is 11.6 Å². The molecule has 0 unspecified atom stereocenters. The molecular weight excluding hydrogens is 300 g/mol. The topological polar surface area (TPSA) is 74.3 Å². The number of pyridine rings is 1. The van der Waals surface area contributed by atoms with E-state index in [4.69, 9.17) is 11.6 Å². The number of nitrogens with zero attached hydrogens (tertiary/aromatic N) is 2. The summed E-state index contributed by atoms with van der Waals surface area (Å²) in [6, 6.07) is 1.40. The molecule has 0 aliphatic carbocycles. The van der Waals surface area contributed by atoms with Crippen molar-refractivity contribution in [1.82, 2.24) is 14.6 Å². The number of hydrogen-bond donors (Lipinski definition) is 2. The SMILES string of the molecule is CCNc1ncc(S(=O)(=O)NCCN(C)CC)cc1Cl. The molecule has 1 rings (SSSR count). The van der Waals surface area contributed by atoms with Gasteiger partial charge in [-0.3, -0.25) is 0 Å². The number of aromatic nitrogens is 1. The summed E-state index contributed by atoms with van der Waals surface area (Å²) in [6.07, 6.45) is 1.30. The summed E-state index contributed by atoms with van der Waals surface area (Å²) >= 11 is 6.00. The van der Waals surface area contributed by atoms with Gasteiger partial charge in [-0.2, -0.15) is 0 Å². The minimum absolute atomic E-state index is 0.0725. The van der Waals surface area contributed by atoms with Crippen molar-refractivity contribution in [3.63, 3.8) is 0 Å². The van der Waals surface area contributed by atoms with E-state index in [0.29, 0.717) is 30.5 Å². The Morgan fingerprint density at radius 1 is 1.40 bits per heavy atom. The number of anilines is 1. The standard InChI is InChI=1S/C12H21ClN4O2S/c1-4-14-12-11(13)8-10(9-15-12)20(18,19)16-6-7-17(3)5-2/h8-9,16H,4-7H2,1-3H3,(H,14,15). The summed E-state index contributed by atoms with van der Waals surface area (Å²) in [5.41, 5.74) is 0. The third kappa shape index (κ3) is 4.90. The van der Waals surface area contributed by atoms with Crippen LogP contribution in [-0.4, -0.2) is 51.5 Å². The fourth-order valence-corrected chi connectivity index (χ4v) is 2.77. The molecule has 0 radical (unpaired) electrons. The molecule has 6 nitrogen and oxygen atoms in total. The Balaban J connectivity index is 2.75. The van der Waals surface area contributed by atoms with Crippen LogP contribution in [0.3, 0.4) is 0 Å². The van der Waals surface area contributed by atoms with Crippen LogP contribution in [0, 0.1) is 0 Å². The smallest absolute Gasteiger partial charge is 0.242 e. The summed E-state index contributed by atoms with van der Waals surface area (Å²) < 4.78 is 26.7. The van der Waals surface area contributed by atoms with Gasteiger partial charge in [-0.05, 0) is 26.6 Å². The molecule has 0 aliphatic rings. The highest BCUT2D eigenvalue weighted by Gasteiger charge is 2.16. The van der Waals surface area contributed by atoms with Crippen LogP contribution < -0.4 is 10.0 Å². The normalized spacial score (nSPS) is 11.8. The molecule has 0 saturated carbocycles. The fourth-order valence-electron chi connectivity index (χ4n) is 1.48. The zero-order chi connectivity index (χ0) is 15.2. The van der Waals surface area contributed by atoms with Gasteiger partial charge >= 0.3 is 0 Å². The highest BCUT2D eigenvalue weighted by atomic mass is 35.5. The van der Waals surface area contributed by atoms with E-state index < -0.39 is 10.0 Å². The maximum Gasteiger partial charge on any atom is 0.242 e. The lowest BCUT2D eigenvalue weighted by molar-refractivity contribution is 0.358. The average Bonchev–Trinajstić information content (AvgIpc) is 2.40. The molecule has 0 bridgehead atoms. The minimum Gasteiger partial charge on any atom is -0.369 e. The Morgan fingerprint density at radius 3 is 2.65 bits per heavy atom. The largest absolute Gasteiger partial charge is 0.369 e. The van der Waals surface area contributed by atoms with Gasteiger partial charge in [0.2, 0.25) is 10.0 Å². The van der Waals surface area contributed by atoms with E-state index >= 15 is 0 Å². The second-order valence-corrected chi connectivity index (χ2v) is 6.50. The molecule has 1 aromatic heterocycles. The molecule has 0 amide bonds. The zero-order valence-electron chi connectivity index (χ0n) is 12.0. The average molecular weight is 321 g/mol. The summed E-state index contributed by atoms with van der Waals surface area (Å²) in [6.45, 7) is 6.45. The maximum absolute atomic E-state index is 12.1. The molecule has 8 heteroatoms. The molecule has 0 atom stereocenters. The Hall–Kier alpha value is -0.890. The lowest BCUT2D eigenvalue weighted by Crippen LogP contribution is -2.33. The zero-order valence-corrected chi connectivity index (χ0v) is 13.6. The fraction of sp³-hybridized carbons (Fsp3) is 0.583. The molecule has 0 aliphatic heterocycles. The second-order valence-electron chi connectivity index (χ2n) is 4.33. The molecule has 0 saturated heterocycles. The third-order valence-corrected chi connectivity index (χ3v) is 4.51. The van der Waals surface area contributed by atoms with E-state index in [9.17, 15) is 8.42 Å². The van der Waals surface area contributed by atoms with Gasteiger partial charge in [0.05, 0.1) is 5.02 Å². The van der Waals surface area contributed by atoms with Crippen molar-refractivity contribution in [2.75, 3.05) is 38.5 Å². The van der Waals surface area contributed by atoms with Gasteiger partial charge in [0.25, 0.3) is 0 Å². The van der Waals surface area contributed by atoms with Gasteiger partial charge in [-0.25, -0.2) is 18.1 Å². The first-order valence-corrected chi connectivity index (χ1v) is 8.34. The monoisotopic (exact) mass is 320 g/mol. The van der Waals surface area contributed by atoms with E-state index in [0.717, 1.165) is 6.54 Å². The molecule has 0 fully saturated rings. The molecule has 2 N–H and O–H groups in total. The van der Waals surface area contributed by atoms with Crippen molar-refractivity contribution >= 4 is 27.4 Å². The molecule has 1 heterocycles. The third-order valence-electron chi connectivity index (χ3n) is 2.80. The van der Waals surface area contributed by atoms with E-state index in [1.54, 1.807) is 0 Å². The molecular formula is C12H21ClN4O2S. The first-order valence-electron chi connectivity index (χ1n) is 6.48. The maximum atomic E-state index is 12.1. The van der Waals surface area contributed by atoms with Crippen LogP contribution in [0.4, 0.5) is 5.82 Å². The van der Waals surface area contributed by atoms with E-state index in [2.05, 4.69) is 15.0 Å². The van der Waals surface area contributed by atoms with Crippen molar-refractivity contribution < 1.29 is 8.42 Å². The number of rotatable bonds is 8. The number of nitrogens with one attached hydrogen (secondary N) is 2. The van der Waals surface area contributed by atoms with E-state index in [1.807, 2.05) is 25.8 Å². The molecule has 1 aromatic rings. The predicted molar refractivity (Wildman–Crippen MR) is 81.8 cm³/mol. The van der Waals surface area contributed by atoms with Gasteiger partial charge in [-0.1, -0.05) is 18.5 Å². The number of halogens is 1. The van der Waals surface area contributed by atoms with Crippen LogP contribution in [0.25, 0.3) is 0 Å². The van der Waals surface area contributed by atoms with Crippen LogP contribution in [0.5, 0.6) is 0 Å². The van der Waals surface area contributed by atoms with Crippen molar-refractivity contribution in [1.29, 1.82) is 0 Å². The summed E-state index contributed by atoms with van der Waals surface area (Å²) in [4.78, 5) is 6.11. The van der Waals surface area contributed by atoms with Crippen molar-refractivity contribution in [2.45, 2.75) is 18.7 Å². The van der Waals surface area contributed by atoms with Gasteiger partial charge in [0, 0.05) is 25.8 Å². The number of sulfonamides is 1.